The standard InChI is InChI=1S/C19H24N2O/c1-20-12-16-10-11-21(19(22)14-6-3-2-4-7-14)13-15-8-5-9-17(20)18(15)16/h5,8-9,12,14H,2-4,6-7,10-11,13H2,1H3. The van der Waals surface area contributed by atoms with Crippen molar-refractivity contribution in [3.8, 4) is 0 Å². The normalized spacial score (nSPS) is 19.4. The first-order valence-electron chi connectivity index (χ1n) is 8.58. The number of benzene rings is 1. The summed E-state index contributed by atoms with van der Waals surface area (Å²) < 4.78 is 2.22. The second kappa shape index (κ2) is 5.45. The van der Waals surface area contributed by atoms with Crippen molar-refractivity contribution in [1.82, 2.24) is 9.47 Å². The average Bonchev–Trinajstić information content (AvgIpc) is 2.77. The number of hydrogen-bond acceptors (Lipinski definition) is 1. The number of nitrogens with zero attached hydrogens (tertiary/aromatic N) is 2. The van der Waals surface area contributed by atoms with Gasteiger partial charge in [0.05, 0.1) is 0 Å². The molecule has 1 fully saturated rings. The van der Waals surface area contributed by atoms with Gasteiger partial charge >= 0.3 is 0 Å². The van der Waals surface area contributed by atoms with Gasteiger partial charge < -0.3 is 9.47 Å². The van der Waals surface area contributed by atoms with E-state index in [4.69, 9.17) is 0 Å². The SMILES string of the molecule is Cn1cc2c3c(cccc31)CN(C(=O)C1CCCCC1)CC2. The zero-order valence-electron chi connectivity index (χ0n) is 13.3. The third kappa shape index (κ3) is 2.23. The van der Waals surface area contributed by atoms with E-state index in [1.165, 1.54) is 41.3 Å². The second-order valence-corrected chi connectivity index (χ2v) is 6.92. The van der Waals surface area contributed by atoms with Gasteiger partial charge in [-0.15, -0.1) is 0 Å². The van der Waals surface area contributed by atoms with Crippen LogP contribution in [0.25, 0.3) is 10.9 Å². The van der Waals surface area contributed by atoms with Gasteiger partial charge in [0.25, 0.3) is 0 Å². The van der Waals surface area contributed by atoms with Gasteiger partial charge in [-0.1, -0.05) is 31.4 Å². The molecule has 0 spiro atoms. The molecule has 0 bridgehead atoms. The first-order chi connectivity index (χ1) is 10.7. The Kier molecular flexibility index (Phi) is 3.44. The van der Waals surface area contributed by atoms with E-state index in [2.05, 4.69) is 40.9 Å². The molecule has 2 aliphatic rings. The van der Waals surface area contributed by atoms with Gasteiger partial charge in [0.1, 0.15) is 0 Å². The maximum atomic E-state index is 12.9. The molecule has 1 aliphatic heterocycles. The van der Waals surface area contributed by atoms with Crippen molar-refractivity contribution >= 4 is 16.8 Å². The van der Waals surface area contributed by atoms with Crippen LogP contribution in [0.2, 0.25) is 0 Å². The van der Waals surface area contributed by atoms with Crippen molar-refractivity contribution in [2.75, 3.05) is 6.54 Å². The minimum atomic E-state index is 0.275. The molecule has 3 heteroatoms. The number of hydrogen-bond donors (Lipinski definition) is 0. The molecule has 116 valence electrons. The molecular weight excluding hydrogens is 272 g/mol. The molecule has 1 aliphatic carbocycles. The molecule has 0 atom stereocenters. The number of carbonyl (C=O) groups is 1. The Labute approximate surface area is 131 Å². The zero-order valence-corrected chi connectivity index (χ0v) is 13.3. The van der Waals surface area contributed by atoms with E-state index >= 15 is 0 Å². The number of aryl methyl sites for hydroxylation is 1. The molecule has 0 N–H and O–H groups in total. The molecule has 1 amide bonds. The monoisotopic (exact) mass is 296 g/mol. The summed E-state index contributed by atoms with van der Waals surface area (Å²) in [6.45, 7) is 1.65. The fourth-order valence-corrected chi connectivity index (χ4v) is 4.28. The Morgan fingerprint density at radius 3 is 2.77 bits per heavy atom. The van der Waals surface area contributed by atoms with Crippen LogP contribution in [0.1, 0.15) is 43.2 Å². The Balaban J connectivity index is 1.64. The maximum absolute atomic E-state index is 12.9. The van der Waals surface area contributed by atoms with Crippen molar-refractivity contribution in [3.05, 3.63) is 35.5 Å². The molecule has 0 saturated heterocycles. The van der Waals surface area contributed by atoms with Crippen LogP contribution >= 0.6 is 0 Å². The molecule has 3 nitrogen and oxygen atoms in total. The third-order valence-electron chi connectivity index (χ3n) is 5.46. The molecular formula is C19H24N2O. The predicted molar refractivity (Wildman–Crippen MR) is 88.6 cm³/mol. The topological polar surface area (TPSA) is 25.2 Å². The Morgan fingerprint density at radius 1 is 1.14 bits per heavy atom. The molecule has 22 heavy (non-hydrogen) atoms. The highest BCUT2D eigenvalue weighted by atomic mass is 16.2. The molecule has 2 heterocycles. The summed E-state index contributed by atoms with van der Waals surface area (Å²) in [5, 5.41) is 1.38. The Bertz CT molecular complexity index is 710. The van der Waals surface area contributed by atoms with Crippen LogP contribution in [0.15, 0.2) is 24.4 Å². The van der Waals surface area contributed by atoms with E-state index in [0.29, 0.717) is 5.91 Å². The smallest absolute Gasteiger partial charge is 0.225 e. The molecule has 0 unspecified atom stereocenters. The van der Waals surface area contributed by atoms with Crippen LogP contribution in [0.4, 0.5) is 0 Å². The summed E-state index contributed by atoms with van der Waals surface area (Å²) in [7, 11) is 2.11. The second-order valence-electron chi connectivity index (χ2n) is 6.92. The lowest BCUT2D eigenvalue weighted by Crippen LogP contribution is -2.37. The lowest BCUT2D eigenvalue weighted by Gasteiger charge is -2.28. The first-order valence-corrected chi connectivity index (χ1v) is 8.58. The van der Waals surface area contributed by atoms with E-state index in [1.54, 1.807) is 0 Å². The van der Waals surface area contributed by atoms with E-state index in [-0.39, 0.29) is 5.92 Å². The number of rotatable bonds is 1. The van der Waals surface area contributed by atoms with Crippen LogP contribution in [-0.2, 0) is 24.8 Å². The molecule has 0 radical (unpaired) electrons. The number of carbonyl (C=O) groups excluding carboxylic acids is 1. The highest BCUT2D eigenvalue weighted by molar-refractivity contribution is 5.88. The fourth-order valence-electron chi connectivity index (χ4n) is 4.28. The minimum Gasteiger partial charge on any atom is -0.350 e. The van der Waals surface area contributed by atoms with Crippen LogP contribution in [0, 0.1) is 5.92 Å². The Hall–Kier alpha value is -1.77. The highest BCUT2D eigenvalue weighted by Crippen LogP contribution is 2.31. The van der Waals surface area contributed by atoms with Crippen LogP contribution < -0.4 is 0 Å². The van der Waals surface area contributed by atoms with Gasteiger partial charge in [-0.2, -0.15) is 0 Å². The summed E-state index contributed by atoms with van der Waals surface area (Å²) in [5.41, 5.74) is 4.00. The van der Waals surface area contributed by atoms with Crippen LogP contribution in [0.3, 0.4) is 0 Å². The summed E-state index contributed by atoms with van der Waals surface area (Å²) in [6.07, 6.45) is 9.15. The zero-order chi connectivity index (χ0) is 15.1. The van der Waals surface area contributed by atoms with E-state index in [0.717, 1.165) is 32.4 Å². The average molecular weight is 296 g/mol. The van der Waals surface area contributed by atoms with Crippen LogP contribution in [0.5, 0.6) is 0 Å². The molecule has 1 aromatic carbocycles. The van der Waals surface area contributed by atoms with Crippen molar-refractivity contribution in [2.45, 2.75) is 45.1 Å². The molecule has 1 saturated carbocycles. The summed E-state index contributed by atoms with van der Waals surface area (Å²) in [4.78, 5) is 15.0. The van der Waals surface area contributed by atoms with Gasteiger partial charge in [0.15, 0.2) is 0 Å². The van der Waals surface area contributed by atoms with Crippen molar-refractivity contribution in [1.29, 1.82) is 0 Å². The van der Waals surface area contributed by atoms with Crippen molar-refractivity contribution < 1.29 is 4.79 Å². The highest BCUT2D eigenvalue weighted by Gasteiger charge is 2.28. The summed E-state index contributed by atoms with van der Waals surface area (Å²) in [6, 6.07) is 6.50. The number of aromatic nitrogens is 1. The first kappa shape index (κ1) is 13.9. The quantitative estimate of drug-likeness (QED) is 0.788. The van der Waals surface area contributed by atoms with E-state index < -0.39 is 0 Å². The fraction of sp³-hybridized carbons (Fsp3) is 0.526. The lowest BCUT2D eigenvalue weighted by atomic mass is 9.88. The minimum absolute atomic E-state index is 0.275. The number of amides is 1. The van der Waals surface area contributed by atoms with E-state index in [1.807, 2.05) is 0 Å². The largest absolute Gasteiger partial charge is 0.350 e. The molecule has 1 aromatic heterocycles. The van der Waals surface area contributed by atoms with E-state index in [9.17, 15) is 4.79 Å². The molecule has 2 aromatic rings. The summed E-state index contributed by atoms with van der Waals surface area (Å²) >= 11 is 0. The van der Waals surface area contributed by atoms with Crippen molar-refractivity contribution in [2.24, 2.45) is 13.0 Å². The van der Waals surface area contributed by atoms with Crippen LogP contribution in [-0.4, -0.2) is 21.9 Å². The lowest BCUT2D eigenvalue weighted by molar-refractivity contribution is -0.137. The van der Waals surface area contributed by atoms with Gasteiger partial charge in [-0.25, -0.2) is 0 Å². The maximum Gasteiger partial charge on any atom is 0.225 e. The predicted octanol–water partition coefficient (Wildman–Crippen LogP) is 3.64. The molecule has 4 rings (SSSR count). The Morgan fingerprint density at radius 2 is 1.95 bits per heavy atom. The van der Waals surface area contributed by atoms with Gasteiger partial charge in [-0.05, 0) is 36.5 Å². The van der Waals surface area contributed by atoms with Gasteiger partial charge in [0.2, 0.25) is 5.91 Å². The van der Waals surface area contributed by atoms with Gasteiger partial charge in [-0.3, -0.25) is 4.79 Å². The van der Waals surface area contributed by atoms with Gasteiger partial charge in [0, 0.05) is 43.2 Å². The summed E-state index contributed by atoms with van der Waals surface area (Å²) in [5.74, 6) is 0.669. The van der Waals surface area contributed by atoms with Crippen molar-refractivity contribution in [3.63, 3.8) is 0 Å². The third-order valence-corrected chi connectivity index (χ3v) is 5.46.